The zero-order chi connectivity index (χ0) is 13.8. The SMILES string of the molecule is COc1cc(C)c(CN(C)C2CCNC2)c(OC)c1. The minimum absolute atomic E-state index is 0.617. The van der Waals surface area contributed by atoms with E-state index in [4.69, 9.17) is 9.47 Å². The maximum absolute atomic E-state index is 5.51. The summed E-state index contributed by atoms with van der Waals surface area (Å²) >= 11 is 0. The van der Waals surface area contributed by atoms with E-state index >= 15 is 0 Å². The molecule has 106 valence electrons. The molecule has 1 aromatic rings. The average Bonchev–Trinajstić information content (AvgIpc) is 2.94. The van der Waals surface area contributed by atoms with Gasteiger partial charge in [-0.05, 0) is 38.6 Å². The van der Waals surface area contributed by atoms with Gasteiger partial charge in [0.05, 0.1) is 14.2 Å². The maximum atomic E-state index is 5.51. The van der Waals surface area contributed by atoms with Crippen LogP contribution in [0.25, 0.3) is 0 Å². The fourth-order valence-corrected chi connectivity index (χ4v) is 2.65. The van der Waals surface area contributed by atoms with E-state index in [1.165, 1.54) is 17.5 Å². The van der Waals surface area contributed by atoms with Crippen LogP contribution in [0.2, 0.25) is 0 Å². The summed E-state index contributed by atoms with van der Waals surface area (Å²) in [6.07, 6.45) is 1.22. The van der Waals surface area contributed by atoms with Gasteiger partial charge in [-0.15, -0.1) is 0 Å². The van der Waals surface area contributed by atoms with Gasteiger partial charge in [-0.2, -0.15) is 0 Å². The molecule has 1 saturated heterocycles. The summed E-state index contributed by atoms with van der Waals surface area (Å²) in [6, 6.07) is 4.65. The zero-order valence-corrected chi connectivity index (χ0v) is 12.3. The standard InChI is InChI=1S/C15H24N2O2/c1-11-7-13(18-3)8-15(19-4)14(11)10-17(2)12-5-6-16-9-12/h7-8,12,16H,5-6,9-10H2,1-4H3. The van der Waals surface area contributed by atoms with E-state index < -0.39 is 0 Å². The number of aryl methyl sites for hydroxylation is 1. The molecule has 1 unspecified atom stereocenters. The van der Waals surface area contributed by atoms with E-state index in [0.717, 1.165) is 31.1 Å². The zero-order valence-electron chi connectivity index (χ0n) is 12.3. The number of nitrogens with one attached hydrogen (secondary N) is 1. The molecule has 0 spiro atoms. The third-order valence-electron chi connectivity index (χ3n) is 3.93. The van der Waals surface area contributed by atoms with Gasteiger partial charge in [0.2, 0.25) is 0 Å². The van der Waals surface area contributed by atoms with Crippen LogP contribution < -0.4 is 14.8 Å². The van der Waals surface area contributed by atoms with Crippen LogP contribution in [0.1, 0.15) is 17.5 Å². The third-order valence-corrected chi connectivity index (χ3v) is 3.93. The van der Waals surface area contributed by atoms with Crippen molar-refractivity contribution < 1.29 is 9.47 Å². The molecule has 0 aromatic heterocycles. The average molecular weight is 264 g/mol. The minimum atomic E-state index is 0.617. The van der Waals surface area contributed by atoms with Crippen molar-refractivity contribution in [3.05, 3.63) is 23.3 Å². The minimum Gasteiger partial charge on any atom is -0.497 e. The monoisotopic (exact) mass is 264 g/mol. The Balaban J connectivity index is 2.18. The fraction of sp³-hybridized carbons (Fsp3) is 0.600. The van der Waals surface area contributed by atoms with E-state index in [1.54, 1.807) is 14.2 Å². The highest BCUT2D eigenvalue weighted by Gasteiger charge is 2.21. The van der Waals surface area contributed by atoms with E-state index in [2.05, 4.69) is 30.3 Å². The first-order chi connectivity index (χ1) is 9.15. The number of rotatable bonds is 5. The van der Waals surface area contributed by atoms with Gasteiger partial charge < -0.3 is 14.8 Å². The molecule has 0 bridgehead atoms. The second-order valence-electron chi connectivity index (χ2n) is 5.19. The van der Waals surface area contributed by atoms with Gasteiger partial charge in [-0.25, -0.2) is 0 Å². The van der Waals surface area contributed by atoms with E-state index in [-0.39, 0.29) is 0 Å². The Morgan fingerprint density at radius 1 is 1.32 bits per heavy atom. The first kappa shape index (κ1) is 14.2. The molecule has 0 saturated carbocycles. The molecule has 1 aliphatic heterocycles. The first-order valence-electron chi connectivity index (χ1n) is 6.78. The highest BCUT2D eigenvalue weighted by atomic mass is 16.5. The molecule has 4 nitrogen and oxygen atoms in total. The normalized spacial score (nSPS) is 18.9. The molecule has 1 aromatic carbocycles. The lowest BCUT2D eigenvalue weighted by atomic mass is 10.1. The highest BCUT2D eigenvalue weighted by molar-refractivity contribution is 5.46. The topological polar surface area (TPSA) is 33.7 Å². The summed E-state index contributed by atoms with van der Waals surface area (Å²) in [7, 11) is 5.58. The number of hydrogen-bond acceptors (Lipinski definition) is 4. The Bertz CT molecular complexity index is 428. The number of likely N-dealkylation sites (N-methyl/N-ethyl adjacent to an activating group) is 1. The van der Waals surface area contributed by atoms with Gasteiger partial charge >= 0.3 is 0 Å². The first-order valence-corrected chi connectivity index (χ1v) is 6.78. The quantitative estimate of drug-likeness (QED) is 0.879. The van der Waals surface area contributed by atoms with Crippen LogP contribution in [0, 0.1) is 6.92 Å². The van der Waals surface area contributed by atoms with Gasteiger partial charge in [-0.1, -0.05) is 0 Å². The largest absolute Gasteiger partial charge is 0.497 e. The maximum Gasteiger partial charge on any atom is 0.127 e. The van der Waals surface area contributed by atoms with Crippen LogP contribution in [0.5, 0.6) is 11.5 Å². The predicted molar refractivity (Wildman–Crippen MR) is 77.0 cm³/mol. The van der Waals surface area contributed by atoms with Gasteiger partial charge in [0, 0.05) is 30.8 Å². The smallest absolute Gasteiger partial charge is 0.127 e. The Kier molecular flexibility index (Phi) is 4.66. The van der Waals surface area contributed by atoms with E-state index in [1.807, 2.05) is 6.07 Å². The van der Waals surface area contributed by atoms with Gasteiger partial charge in [0.15, 0.2) is 0 Å². The summed E-state index contributed by atoms with van der Waals surface area (Å²) in [5.74, 6) is 1.76. The number of nitrogens with zero attached hydrogens (tertiary/aromatic N) is 1. The number of ether oxygens (including phenoxy) is 2. The lowest BCUT2D eigenvalue weighted by Gasteiger charge is -2.25. The van der Waals surface area contributed by atoms with Crippen molar-refractivity contribution >= 4 is 0 Å². The van der Waals surface area contributed by atoms with Crippen LogP contribution in [-0.2, 0) is 6.54 Å². The van der Waals surface area contributed by atoms with Gasteiger partial charge in [-0.3, -0.25) is 4.90 Å². The summed E-state index contributed by atoms with van der Waals surface area (Å²) in [4.78, 5) is 2.40. The number of hydrogen-bond donors (Lipinski definition) is 1. The molecule has 4 heteroatoms. The molecule has 19 heavy (non-hydrogen) atoms. The molecule has 1 atom stereocenters. The van der Waals surface area contributed by atoms with Crippen molar-refractivity contribution in [2.75, 3.05) is 34.4 Å². The summed E-state index contributed by atoms with van der Waals surface area (Å²) < 4.78 is 10.8. The van der Waals surface area contributed by atoms with Crippen LogP contribution in [0.4, 0.5) is 0 Å². The molecule has 0 aliphatic carbocycles. The van der Waals surface area contributed by atoms with Crippen molar-refractivity contribution in [1.82, 2.24) is 10.2 Å². The predicted octanol–water partition coefficient (Wildman–Crippen LogP) is 1.81. The molecular weight excluding hydrogens is 240 g/mol. The van der Waals surface area contributed by atoms with Crippen molar-refractivity contribution in [3.8, 4) is 11.5 Å². The number of benzene rings is 1. The summed E-state index contributed by atoms with van der Waals surface area (Å²) in [6.45, 7) is 5.22. The highest BCUT2D eigenvalue weighted by Crippen LogP contribution is 2.29. The Hall–Kier alpha value is -1.26. The van der Waals surface area contributed by atoms with Crippen molar-refractivity contribution in [2.45, 2.75) is 25.9 Å². The molecule has 0 radical (unpaired) electrons. The van der Waals surface area contributed by atoms with E-state index in [9.17, 15) is 0 Å². The van der Waals surface area contributed by atoms with Gasteiger partial charge in [0.25, 0.3) is 0 Å². The molecule has 1 N–H and O–H groups in total. The lowest BCUT2D eigenvalue weighted by Crippen LogP contribution is -2.33. The molecule has 2 rings (SSSR count). The van der Waals surface area contributed by atoms with Crippen LogP contribution in [0.15, 0.2) is 12.1 Å². The van der Waals surface area contributed by atoms with Crippen LogP contribution in [-0.4, -0.2) is 45.3 Å². The van der Waals surface area contributed by atoms with Crippen molar-refractivity contribution in [2.24, 2.45) is 0 Å². The fourth-order valence-electron chi connectivity index (χ4n) is 2.65. The van der Waals surface area contributed by atoms with E-state index in [0.29, 0.717) is 6.04 Å². The van der Waals surface area contributed by atoms with Crippen LogP contribution >= 0.6 is 0 Å². The molecule has 1 fully saturated rings. The summed E-state index contributed by atoms with van der Waals surface area (Å²) in [5, 5.41) is 3.41. The Labute approximate surface area is 115 Å². The van der Waals surface area contributed by atoms with Crippen molar-refractivity contribution in [1.29, 1.82) is 0 Å². The van der Waals surface area contributed by atoms with Crippen molar-refractivity contribution in [3.63, 3.8) is 0 Å². The molecule has 0 amide bonds. The second-order valence-corrected chi connectivity index (χ2v) is 5.19. The number of methoxy groups -OCH3 is 2. The lowest BCUT2D eigenvalue weighted by molar-refractivity contribution is 0.244. The third kappa shape index (κ3) is 3.19. The second kappa shape index (κ2) is 6.26. The summed E-state index contributed by atoms with van der Waals surface area (Å²) in [5.41, 5.74) is 2.46. The Morgan fingerprint density at radius 3 is 2.68 bits per heavy atom. The molecule has 1 aliphatic rings. The van der Waals surface area contributed by atoms with Gasteiger partial charge in [0.1, 0.15) is 11.5 Å². The molecular formula is C15H24N2O2. The molecule has 1 heterocycles. The van der Waals surface area contributed by atoms with Crippen LogP contribution in [0.3, 0.4) is 0 Å². The Morgan fingerprint density at radius 2 is 2.11 bits per heavy atom.